The molecular formula is C20H21F4N5O2. The first-order chi connectivity index (χ1) is 14.8. The molecule has 0 saturated heterocycles. The lowest BCUT2D eigenvalue weighted by atomic mass is 10.1. The molecule has 0 radical (unpaired) electrons. The van der Waals surface area contributed by atoms with Crippen LogP contribution in [0.3, 0.4) is 0 Å². The van der Waals surface area contributed by atoms with Crippen molar-refractivity contribution in [2.24, 2.45) is 0 Å². The van der Waals surface area contributed by atoms with E-state index in [1.54, 1.807) is 12.1 Å². The molecule has 1 aromatic carbocycles. The third-order valence-corrected chi connectivity index (χ3v) is 4.81. The maximum Gasteiger partial charge on any atom is 0.435 e. The van der Waals surface area contributed by atoms with Crippen LogP contribution in [-0.4, -0.2) is 45.4 Å². The second-order valence-corrected chi connectivity index (χ2v) is 6.64. The Balaban J connectivity index is 1.88. The number of nitrogens with zero attached hydrogens (tertiary/aromatic N) is 4. The predicted octanol–water partition coefficient (Wildman–Crippen LogP) is 3.83. The second-order valence-electron chi connectivity index (χ2n) is 6.64. The number of benzene rings is 1. The quantitative estimate of drug-likeness (QED) is 0.540. The van der Waals surface area contributed by atoms with E-state index < -0.39 is 29.3 Å². The number of carbonyl (C=O) groups is 1. The van der Waals surface area contributed by atoms with Gasteiger partial charge < -0.3 is 9.73 Å². The lowest BCUT2D eigenvalue weighted by Crippen LogP contribution is -2.38. The molecule has 3 rings (SSSR count). The van der Waals surface area contributed by atoms with Crippen molar-refractivity contribution in [3.05, 3.63) is 65.6 Å². The lowest BCUT2D eigenvalue weighted by Gasteiger charge is -2.28. The molecule has 1 unspecified atom stereocenters. The van der Waals surface area contributed by atoms with Crippen molar-refractivity contribution >= 4 is 5.91 Å². The average molecular weight is 439 g/mol. The van der Waals surface area contributed by atoms with Gasteiger partial charge in [-0.2, -0.15) is 13.2 Å². The zero-order valence-corrected chi connectivity index (χ0v) is 16.9. The van der Waals surface area contributed by atoms with Crippen LogP contribution in [0.2, 0.25) is 0 Å². The summed E-state index contributed by atoms with van der Waals surface area (Å²) >= 11 is 0. The van der Waals surface area contributed by atoms with Gasteiger partial charge in [-0.1, -0.05) is 19.1 Å². The first-order valence-electron chi connectivity index (χ1n) is 9.60. The molecule has 11 heteroatoms. The largest absolute Gasteiger partial charge is 0.468 e. The van der Waals surface area contributed by atoms with E-state index in [2.05, 4.69) is 15.6 Å². The molecular weight excluding hydrogens is 418 g/mol. The Hall–Kier alpha value is -3.21. The minimum atomic E-state index is -4.91. The molecule has 1 atom stereocenters. The van der Waals surface area contributed by atoms with Crippen LogP contribution >= 0.6 is 0 Å². The molecule has 0 aliphatic carbocycles. The number of furan rings is 1. The van der Waals surface area contributed by atoms with Crippen LogP contribution in [0.4, 0.5) is 17.6 Å². The number of halogens is 4. The van der Waals surface area contributed by atoms with Crippen LogP contribution in [0.5, 0.6) is 0 Å². The molecule has 0 aliphatic heterocycles. The molecule has 0 aliphatic rings. The SMILES string of the molecule is CCN(CC)C(CNC(=O)c1nnn(-c2ccc(F)cc2)c1C(F)(F)F)c1ccco1. The molecule has 2 aromatic heterocycles. The third kappa shape index (κ3) is 4.93. The minimum absolute atomic E-state index is 0.00866. The molecule has 0 saturated carbocycles. The van der Waals surface area contributed by atoms with Crippen LogP contribution in [0.1, 0.15) is 41.8 Å². The summed E-state index contributed by atoms with van der Waals surface area (Å²) in [4.78, 5) is 14.6. The van der Waals surface area contributed by atoms with E-state index in [0.717, 1.165) is 24.3 Å². The topological polar surface area (TPSA) is 76.2 Å². The summed E-state index contributed by atoms with van der Waals surface area (Å²) in [5.41, 5.74) is -2.28. The average Bonchev–Trinajstić information content (AvgIpc) is 3.41. The maximum absolute atomic E-state index is 13.7. The normalized spacial score (nSPS) is 12.9. The van der Waals surface area contributed by atoms with Crippen molar-refractivity contribution < 1.29 is 26.8 Å². The molecule has 1 N–H and O–H groups in total. The van der Waals surface area contributed by atoms with Gasteiger partial charge in [0.15, 0.2) is 11.4 Å². The first-order valence-corrected chi connectivity index (χ1v) is 9.60. The maximum atomic E-state index is 13.7. The van der Waals surface area contributed by atoms with E-state index in [9.17, 15) is 22.4 Å². The van der Waals surface area contributed by atoms with Crippen molar-refractivity contribution in [3.8, 4) is 5.69 Å². The fourth-order valence-corrected chi connectivity index (χ4v) is 3.28. The number of likely N-dealkylation sites (N-methyl/N-ethyl adjacent to an activating group) is 1. The van der Waals surface area contributed by atoms with E-state index in [-0.39, 0.29) is 18.3 Å². The van der Waals surface area contributed by atoms with E-state index in [1.165, 1.54) is 6.26 Å². The number of hydrogen-bond acceptors (Lipinski definition) is 5. The number of carbonyl (C=O) groups excluding carboxylic acids is 1. The van der Waals surface area contributed by atoms with Crippen molar-refractivity contribution in [2.75, 3.05) is 19.6 Å². The summed E-state index contributed by atoms with van der Waals surface area (Å²) in [5.74, 6) is -1.06. The van der Waals surface area contributed by atoms with Crippen LogP contribution in [0.25, 0.3) is 5.69 Å². The second kappa shape index (κ2) is 9.29. The van der Waals surface area contributed by atoms with E-state index >= 15 is 0 Å². The summed E-state index contributed by atoms with van der Waals surface area (Å²) < 4.78 is 60.3. The van der Waals surface area contributed by atoms with Gasteiger partial charge >= 0.3 is 6.18 Å². The Bertz CT molecular complexity index is 996. The molecule has 1 amide bonds. The predicted molar refractivity (Wildman–Crippen MR) is 103 cm³/mol. The molecule has 166 valence electrons. The summed E-state index contributed by atoms with van der Waals surface area (Å²) in [5, 5.41) is 9.45. The number of aromatic nitrogens is 3. The highest BCUT2D eigenvalue weighted by Gasteiger charge is 2.42. The number of rotatable bonds is 8. The summed E-state index contributed by atoms with van der Waals surface area (Å²) in [6.07, 6.45) is -3.42. The highest BCUT2D eigenvalue weighted by atomic mass is 19.4. The summed E-state index contributed by atoms with van der Waals surface area (Å²) in [6.45, 7) is 5.15. The van der Waals surface area contributed by atoms with Crippen molar-refractivity contribution in [2.45, 2.75) is 26.1 Å². The summed E-state index contributed by atoms with van der Waals surface area (Å²) in [7, 11) is 0. The standard InChI is InChI=1S/C20H21F4N5O2/c1-3-28(4-2)15(16-6-5-11-31-16)12-25-19(30)17-18(20(22,23)24)29(27-26-17)14-9-7-13(21)8-10-14/h5-11,15H,3-4,12H2,1-2H3,(H,25,30). The van der Waals surface area contributed by atoms with E-state index in [1.807, 2.05) is 18.7 Å². The Labute approximate surface area is 175 Å². The number of amides is 1. The molecule has 0 bridgehead atoms. The van der Waals surface area contributed by atoms with Crippen LogP contribution in [-0.2, 0) is 6.18 Å². The van der Waals surface area contributed by atoms with Gasteiger partial charge in [0, 0.05) is 6.54 Å². The monoisotopic (exact) mass is 439 g/mol. The van der Waals surface area contributed by atoms with E-state index in [0.29, 0.717) is 23.5 Å². The van der Waals surface area contributed by atoms with E-state index in [4.69, 9.17) is 4.42 Å². The van der Waals surface area contributed by atoms with Crippen LogP contribution in [0, 0.1) is 5.82 Å². The number of hydrogen-bond donors (Lipinski definition) is 1. The Morgan fingerprint density at radius 1 is 1.19 bits per heavy atom. The van der Waals surface area contributed by atoms with Crippen molar-refractivity contribution in [3.63, 3.8) is 0 Å². The highest BCUT2D eigenvalue weighted by Crippen LogP contribution is 2.33. The lowest BCUT2D eigenvalue weighted by molar-refractivity contribution is -0.143. The zero-order chi connectivity index (χ0) is 22.6. The van der Waals surface area contributed by atoms with Gasteiger partial charge in [-0.25, -0.2) is 9.07 Å². The van der Waals surface area contributed by atoms with Gasteiger partial charge in [-0.15, -0.1) is 5.10 Å². The zero-order valence-electron chi connectivity index (χ0n) is 16.9. The Morgan fingerprint density at radius 2 is 1.87 bits per heavy atom. The number of nitrogens with one attached hydrogen (secondary N) is 1. The fraction of sp³-hybridized carbons (Fsp3) is 0.350. The molecule has 31 heavy (non-hydrogen) atoms. The number of alkyl halides is 3. The van der Waals surface area contributed by atoms with Crippen molar-refractivity contribution in [1.82, 2.24) is 25.2 Å². The Morgan fingerprint density at radius 3 is 2.42 bits per heavy atom. The van der Waals surface area contributed by atoms with Gasteiger partial charge in [0.1, 0.15) is 11.6 Å². The minimum Gasteiger partial charge on any atom is -0.468 e. The first kappa shape index (κ1) is 22.5. The molecule has 2 heterocycles. The van der Waals surface area contributed by atoms with Gasteiger partial charge in [-0.3, -0.25) is 9.69 Å². The fourth-order valence-electron chi connectivity index (χ4n) is 3.28. The molecule has 0 fully saturated rings. The van der Waals surface area contributed by atoms with Gasteiger partial charge in [0.25, 0.3) is 5.91 Å². The van der Waals surface area contributed by atoms with Crippen molar-refractivity contribution in [1.29, 1.82) is 0 Å². The van der Waals surface area contributed by atoms with Gasteiger partial charge in [0.05, 0.1) is 18.0 Å². The molecule has 0 spiro atoms. The molecule has 3 aromatic rings. The van der Waals surface area contributed by atoms with Gasteiger partial charge in [0.2, 0.25) is 0 Å². The molecule has 7 nitrogen and oxygen atoms in total. The Kier molecular flexibility index (Phi) is 6.74. The summed E-state index contributed by atoms with van der Waals surface area (Å²) in [6, 6.07) is 7.30. The smallest absolute Gasteiger partial charge is 0.435 e. The third-order valence-electron chi connectivity index (χ3n) is 4.81. The highest BCUT2D eigenvalue weighted by molar-refractivity contribution is 5.93. The van der Waals surface area contributed by atoms with Gasteiger partial charge in [-0.05, 0) is 49.5 Å². The van der Waals surface area contributed by atoms with Crippen LogP contribution in [0.15, 0.2) is 47.1 Å². The van der Waals surface area contributed by atoms with Crippen LogP contribution < -0.4 is 5.32 Å².